The highest BCUT2D eigenvalue weighted by Crippen LogP contribution is 2.41. The van der Waals surface area contributed by atoms with Gasteiger partial charge < -0.3 is 10.6 Å². The molecule has 22 heavy (non-hydrogen) atoms. The van der Waals surface area contributed by atoms with Crippen molar-refractivity contribution in [2.45, 2.75) is 51.5 Å². The zero-order valence-corrected chi connectivity index (χ0v) is 13.6. The van der Waals surface area contributed by atoms with Crippen LogP contribution in [0.2, 0.25) is 0 Å². The van der Waals surface area contributed by atoms with Gasteiger partial charge in [-0.1, -0.05) is 0 Å². The van der Waals surface area contributed by atoms with Crippen LogP contribution in [0, 0.1) is 6.92 Å². The second-order valence-electron chi connectivity index (χ2n) is 6.24. The summed E-state index contributed by atoms with van der Waals surface area (Å²) in [7, 11) is 0. The number of fused-ring (bicyclic) bond motifs is 3. The normalized spacial score (nSPS) is 21.3. The summed E-state index contributed by atoms with van der Waals surface area (Å²) in [5.41, 5.74) is 7.05. The van der Waals surface area contributed by atoms with E-state index in [4.69, 9.17) is 10.7 Å². The average molecular weight is 316 g/mol. The minimum Gasteiger partial charge on any atom is -0.368 e. The van der Waals surface area contributed by atoms with E-state index in [-0.39, 0.29) is 11.9 Å². The van der Waals surface area contributed by atoms with Crippen molar-refractivity contribution < 1.29 is 4.79 Å². The van der Waals surface area contributed by atoms with E-state index in [0.29, 0.717) is 0 Å². The zero-order chi connectivity index (χ0) is 15.3. The Morgan fingerprint density at radius 3 is 2.95 bits per heavy atom. The summed E-state index contributed by atoms with van der Waals surface area (Å²) in [6, 6.07) is -0.233. The molecule has 2 aromatic heterocycles. The fraction of sp³-hybridized carbons (Fsp3) is 0.562. The van der Waals surface area contributed by atoms with Crippen molar-refractivity contribution in [2.75, 3.05) is 11.4 Å². The van der Waals surface area contributed by atoms with Gasteiger partial charge in [0.1, 0.15) is 22.5 Å². The second kappa shape index (κ2) is 5.19. The van der Waals surface area contributed by atoms with Crippen LogP contribution in [0.1, 0.15) is 41.9 Å². The Morgan fingerprint density at radius 2 is 2.14 bits per heavy atom. The molecule has 0 bridgehead atoms. The number of nitrogens with zero attached hydrogens (tertiary/aromatic N) is 3. The van der Waals surface area contributed by atoms with Gasteiger partial charge in [0, 0.05) is 11.4 Å². The molecule has 5 nitrogen and oxygen atoms in total. The van der Waals surface area contributed by atoms with E-state index >= 15 is 0 Å². The molecule has 6 heteroatoms. The van der Waals surface area contributed by atoms with Crippen LogP contribution in [0.4, 0.5) is 5.82 Å². The highest BCUT2D eigenvalue weighted by molar-refractivity contribution is 7.19. The summed E-state index contributed by atoms with van der Waals surface area (Å²) in [5, 5.41) is 1.18. The minimum absolute atomic E-state index is 0.233. The van der Waals surface area contributed by atoms with Crippen molar-refractivity contribution in [2.24, 2.45) is 5.73 Å². The van der Waals surface area contributed by atoms with Crippen molar-refractivity contribution in [3.63, 3.8) is 0 Å². The summed E-state index contributed by atoms with van der Waals surface area (Å²) in [5.74, 6) is 1.47. The summed E-state index contributed by atoms with van der Waals surface area (Å²) >= 11 is 1.79. The van der Waals surface area contributed by atoms with Gasteiger partial charge >= 0.3 is 0 Å². The first kappa shape index (κ1) is 13.9. The van der Waals surface area contributed by atoms with Gasteiger partial charge in [-0.2, -0.15) is 0 Å². The van der Waals surface area contributed by atoms with Gasteiger partial charge in [0.25, 0.3) is 0 Å². The average Bonchev–Trinajstić information content (AvgIpc) is 3.06. The highest BCUT2D eigenvalue weighted by Gasteiger charge is 2.31. The minimum atomic E-state index is -0.240. The van der Waals surface area contributed by atoms with Gasteiger partial charge in [0.15, 0.2) is 0 Å². The van der Waals surface area contributed by atoms with E-state index in [1.807, 2.05) is 6.92 Å². The van der Waals surface area contributed by atoms with Gasteiger partial charge in [0.2, 0.25) is 5.91 Å². The standard InChI is InChI=1S/C16H20N4OS/c1-9-18-15(20-8-3-2-6-11(20)14(17)21)13-10-5-4-7-12(10)22-16(13)19-9/h11H,2-8H2,1H3,(H2,17,21). The molecule has 0 aromatic carbocycles. The number of aromatic nitrogens is 2. The maximum Gasteiger partial charge on any atom is 0.240 e. The first-order valence-corrected chi connectivity index (χ1v) is 8.81. The fourth-order valence-corrected chi connectivity index (χ4v) is 5.07. The van der Waals surface area contributed by atoms with Crippen LogP contribution in [0.15, 0.2) is 0 Å². The Morgan fingerprint density at radius 1 is 1.27 bits per heavy atom. The van der Waals surface area contributed by atoms with E-state index in [0.717, 1.165) is 55.1 Å². The lowest BCUT2D eigenvalue weighted by molar-refractivity contribution is -0.119. The Balaban J connectivity index is 1.91. The van der Waals surface area contributed by atoms with Crippen LogP contribution >= 0.6 is 11.3 Å². The molecule has 0 saturated carbocycles. The van der Waals surface area contributed by atoms with E-state index < -0.39 is 0 Å². The van der Waals surface area contributed by atoms with E-state index in [9.17, 15) is 4.79 Å². The topological polar surface area (TPSA) is 72.1 Å². The first-order chi connectivity index (χ1) is 10.6. The molecule has 1 saturated heterocycles. The third-order valence-electron chi connectivity index (χ3n) is 4.76. The molecule has 1 fully saturated rings. The molecule has 2 N–H and O–H groups in total. The number of rotatable bonds is 2. The third kappa shape index (κ3) is 2.08. The number of piperidine rings is 1. The maximum absolute atomic E-state index is 11.9. The number of anilines is 1. The quantitative estimate of drug-likeness (QED) is 0.923. The van der Waals surface area contributed by atoms with Crippen LogP contribution in [0.3, 0.4) is 0 Å². The van der Waals surface area contributed by atoms with E-state index in [2.05, 4.69) is 9.88 Å². The van der Waals surface area contributed by atoms with Gasteiger partial charge in [0.05, 0.1) is 5.39 Å². The molecule has 4 rings (SSSR count). The molecule has 1 aliphatic carbocycles. The Kier molecular flexibility index (Phi) is 3.29. The largest absolute Gasteiger partial charge is 0.368 e. The van der Waals surface area contributed by atoms with Crippen LogP contribution in [0.5, 0.6) is 0 Å². The summed E-state index contributed by atoms with van der Waals surface area (Å²) in [4.78, 5) is 25.9. The summed E-state index contributed by atoms with van der Waals surface area (Å²) in [6.45, 7) is 2.78. The molecular weight excluding hydrogens is 296 g/mol. The first-order valence-electron chi connectivity index (χ1n) is 8.00. The Hall–Kier alpha value is -1.69. The fourth-order valence-electron chi connectivity index (χ4n) is 3.77. The number of aryl methyl sites for hydroxylation is 3. The Labute approximate surface area is 133 Å². The molecule has 1 aliphatic heterocycles. The lowest BCUT2D eigenvalue weighted by Gasteiger charge is -2.35. The molecule has 2 aliphatic rings. The molecule has 3 heterocycles. The maximum atomic E-state index is 11.9. The zero-order valence-electron chi connectivity index (χ0n) is 12.8. The Bertz CT molecular complexity index is 754. The molecule has 0 spiro atoms. The van der Waals surface area contributed by atoms with Crippen molar-refractivity contribution in [1.82, 2.24) is 9.97 Å². The SMILES string of the molecule is Cc1nc(N2CCCCC2C(N)=O)c2c3c(sc2n1)CCC3. The number of carbonyl (C=O) groups is 1. The van der Waals surface area contributed by atoms with Crippen molar-refractivity contribution in [3.8, 4) is 0 Å². The van der Waals surface area contributed by atoms with E-state index in [1.165, 1.54) is 22.2 Å². The van der Waals surface area contributed by atoms with Gasteiger partial charge in [-0.25, -0.2) is 9.97 Å². The number of primary amides is 1. The molecule has 1 amide bonds. The van der Waals surface area contributed by atoms with Gasteiger partial charge in [-0.15, -0.1) is 11.3 Å². The number of hydrogen-bond donors (Lipinski definition) is 1. The summed E-state index contributed by atoms with van der Waals surface area (Å²) in [6.07, 6.45) is 6.42. The number of thiophene rings is 1. The lowest BCUT2D eigenvalue weighted by Crippen LogP contribution is -2.48. The van der Waals surface area contributed by atoms with Gasteiger partial charge in [-0.05, 0) is 51.0 Å². The molecule has 1 unspecified atom stereocenters. The van der Waals surface area contributed by atoms with Crippen molar-refractivity contribution in [1.29, 1.82) is 0 Å². The highest BCUT2D eigenvalue weighted by atomic mass is 32.1. The predicted octanol–water partition coefficient (Wildman–Crippen LogP) is 2.33. The lowest BCUT2D eigenvalue weighted by atomic mass is 10.0. The van der Waals surface area contributed by atoms with Crippen LogP contribution in [-0.4, -0.2) is 28.5 Å². The van der Waals surface area contributed by atoms with E-state index in [1.54, 1.807) is 11.3 Å². The third-order valence-corrected chi connectivity index (χ3v) is 5.95. The number of carbonyl (C=O) groups excluding carboxylic acids is 1. The summed E-state index contributed by atoms with van der Waals surface area (Å²) < 4.78 is 0. The number of nitrogens with two attached hydrogens (primary N) is 1. The van der Waals surface area contributed by atoms with Gasteiger partial charge in [-0.3, -0.25) is 4.79 Å². The van der Waals surface area contributed by atoms with Crippen LogP contribution in [0.25, 0.3) is 10.2 Å². The molecule has 0 radical (unpaired) electrons. The second-order valence-corrected chi connectivity index (χ2v) is 7.32. The predicted molar refractivity (Wildman–Crippen MR) is 88.4 cm³/mol. The van der Waals surface area contributed by atoms with Crippen LogP contribution < -0.4 is 10.6 Å². The van der Waals surface area contributed by atoms with Crippen LogP contribution in [-0.2, 0) is 17.6 Å². The van der Waals surface area contributed by atoms with Crippen molar-refractivity contribution in [3.05, 3.63) is 16.3 Å². The monoisotopic (exact) mass is 316 g/mol. The molecule has 2 aromatic rings. The smallest absolute Gasteiger partial charge is 0.240 e. The molecule has 116 valence electrons. The number of hydrogen-bond acceptors (Lipinski definition) is 5. The number of amides is 1. The van der Waals surface area contributed by atoms with Crippen molar-refractivity contribution >= 4 is 33.3 Å². The molecular formula is C16H20N4OS. The molecule has 1 atom stereocenters.